The molecule has 4 N–H and O–H groups in total. The summed E-state index contributed by atoms with van der Waals surface area (Å²) in [6, 6.07) is 41.7. The van der Waals surface area contributed by atoms with E-state index in [4.69, 9.17) is 11.5 Å². The van der Waals surface area contributed by atoms with Crippen molar-refractivity contribution in [1.29, 1.82) is 0 Å². The molecule has 0 unspecified atom stereocenters. The molecular weight excluding hydrogens is 386 g/mol. The molecule has 158 valence electrons. The second-order valence-electron chi connectivity index (χ2n) is 8.61. The second-order valence-corrected chi connectivity index (χ2v) is 8.61. The van der Waals surface area contributed by atoms with Crippen LogP contribution in [-0.4, -0.2) is 14.6 Å². The Bertz CT molecular complexity index is 917. The molecule has 2 nitrogen and oxygen atoms in total. The molecule has 4 heteroatoms. The lowest BCUT2D eigenvalue weighted by Gasteiger charge is -2.32. The first-order valence-electron chi connectivity index (χ1n) is 11.4. The van der Waals surface area contributed by atoms with Crippen LogP contribution in [-0.2, 0) is 10.9 Å². The van der Waals surface area contributed by atoms with E-state index in [-0.39, 0.29) is 0 Å². The third kappa shape index (κ3) is 4.72. The minimum absolute atomic E-state index is 0.515. The molecule has 0 saturated heterocycles. The Morgan fingerprint density at radius 3 is 0.844 bits per heavy atom. The standard InChI is InChI=1S/C28H30B2N2/c31-27(23-13-5-1-6-14-23,24-15-7-2-8-16-24)29-21-22-30-28(32,25-17-9-3-10-18-25)26-19-11-4-12-20-26/h1-20,29-30H,21-22,31-32H2. The molecule has 0 aromatic heterocycles. The molecule has 0 aliphatic rings. The van der Waals surface area contributed by atoms with E-state index < -0.39 is 10.9 Å². The van der Waals surface area contributed by atoms with Gasteiger partial charge in [-0.15, -0.1) is 0 Å². The largest absolute Gasteiger partial charge is 0.325 e. The SMILES string of the molecule is NC(BCCBC(N)(c1ccccc1)c1ccccc1)(c1ccccc1)c1ccccc1. The molecule has 0 spiro atoms. The molecule has 0 saturated carbocycles. The first-order chi connectivity index (χ1) is 15.6. The first-order valence-corrected chi connectivity index (χ1v) is 11.4. The maximum atomic E-state index is 7.08. The van der Waals surface area contributed by atoms with Crippen LogP contribution < -0.4 is 11.5 Å². The first kappa shape index (κ1) is 22.1. The normalized spacial score (nSPS) is 11.7. The third-order valence-corrected chi connectivity index (χ3v) is 6.55. The molecular formula is C28H30B2N2. The van der Waals surface area contributed by atoms with Crippen molar-refractivity contribution in [3.8, 4) is 0 Å². The summed E-state index contributed by atoms with van der Waals surface area (Å²) in [5, 5.41) is 0. The highest BCUT2D eigenvalue weighted by Crippen LogP contribution is 2.30. The summed E-state index contributed by atoms with van der Waals surface area (Å²) in [5.41, 5.74) is 17.7. The Morgan fingerprint density at radius 2 is 0.625 bits per heavy atom. The molecule has 4 aromatic rings. The smallest absolute Gasteiger partial charge is 0.156 e. The molecule has 4 aromatic carbocycles. The average molecular weight is 416 g/mol. The van der Waals surface area contributed by atoms with Gasteiger partial charge in [-0.1, -0.05) is 134 Å². The van der Waals surface area contributed by atoms with E-state index in [1.807, 2.05) is 24.3 Å². The van der Waals surface area contributed by atoms with Crippen molar-refractivity contribution in [2.24, 2.45) is 11.5 Å². The summed E-state index contributed by atoms with van der Waals surface area (Å²) in [5.74, 6) is 0. The van der Waals surface area contributed by atoms with Crippen LogP contribution in [0.15, 0.2) is 121 Å². The number of rotatable bonds is 9. The van der Waals surface area contributed by atoms with Crippen molar-refractivity contribution in [2.75, 3.05) is 0 Å². The van der Waals surface area contributed by atoms with Crippen molar-refractivity contribution in [2.45, 2.75) is 23.5 Å². The number of benzene rings is 4. The minimum Gasteiger partial charge on any atom is -0.325 e. The fraction of sp³-hybridized carbons (Fsp3) is 0.143. The topological polar surface area (TPSA) is 52.0 Å². The van der Waals surface area contributed by atoms with E-state index in [0.29, 0.717) is 0 Å². The van der Waals surface area contributed by atoms with E-state index in [0.717, 1.165) is 49.5 Å². The molecule has 0 aliphatic heterocycles. The number of nitrogens with two attached hydrogens (primary N) is 2. The molecule has 0 bridgehead atoms. The average Bonchev–Trinajstić information content (AvgIpc) is 2.88. The van der Waals surface area contributed by atoms with Gasteiger partial charge in [0.1, 0.15) is 0 Å². The van der Waals surface area contributed by atoms with Crippen LogP contribution in [0.25, 0.3) is 0 Å². The van der Waals surface area contributed by atoms with Crippen LogP contribution in [0.1, 0.15) is 22.3 Å². The van der Waals surface area contributed by atoms with Crippen LogP contribution in [0.4, 0.5) is 0 Å². The van der Waals surface area contributed by atoms with Crippen LogP contribution in [0.3, 0.4) is 0 Å². The van der Waals surface area contributed by atoms with Gasteiger partial charge in [0.2, 0.25) is 0 Å². The van der Waals surface area contributed by atoms with Crippen molar-refractivity contribution in [1.82, 2.24) is 0 Å². The Balaban J connectivity index is 1.54. The van der Waals surface area contributed by atoms with E-state index in [9.17, 15) is 0 Å². The Morgan fingerprint density at radius 1 is 0.406 bits per heavy atom. The van der Waals surface area contributed by atoms with Gasteiger partial charge < -0.3 is 11.5 Å². The van der Waals surface area contributed by atoms with Crippen LogP contribution in [0, 0.1) is 0 Å². The monoisotopic (exact) mass is 416 g/mol. The zero-order valence-corrected chi connectivity index (χ0v) is 18.5. The molecule has 0 fully saturated rings. The zero-order chi connectivity index (χ0) is 22.3. The van der Waals surface area contributed by atoms with Gasteiger partial charge in [-0.05, 0) is 22.3 Å². The van der Waals surface area contributed by atoms with Gasteiger partial charge in [-0.3, -0.25) is 0 Å². The van der Waals surface area contributed by atoms with Crippen molar-refractivity contribution in [3.63, 3.8) is 0 Å². The van der Waals surface area contributed by atoms with E-state index in [1.54, 1.807) is 0 Å². The summed E-state index contributed by atoms with van der Waals surface area (Å²) >= 11 is 0. The fourth-order valence-corrected chi connectivity index (χ4v) is 4.66. The maximum Gasteiger partial charge on any atom is 0.156 e. The molecule has 4 rings (SSSR count). The number of hydrogen-bond donors (Lipinski definition) is 2. The maximum absolute atomic E-state index is 7.08. The highest BCUT2D eigenvalue weighted by molar-refractivity contribution is 6.47. The quantitative estimate of drug-likeness (QED) is 0.314. The van der Waals surface area contributed by atoms with E-state index in [2.05, 4.69) is 97.1 Å². The van der Waals surface area contributed by atoms with Gasteiger partial charge in [0, 0.05) is 10.9 Å². The van der Waals surface area contributed by atoms with Crippen molar-refractivity contribution < 1.29 is 0 Å². The summed E-state index contributed by atoms with van der Waals surface area (Å²) < 4.78 is 0. The van der Waals surface area contributed by atoms with Gasteiger partial charge in [0.05, 0.1) is 0 Å². The lowest BCUT2D eigenvalue weighted by molar-refractivity contribution is 0.747. The highest BCUT2D eigenvalue weighted by Gasteiger charge is 2.33. The Hall–Kier alpha value is -3.07. The minimum atomic E-state index is -0.515. The summed E-state index contributed by atoms with van der Waals surface area (Å²) in [6.07, 6.45) is 1.97. The van der Waals surface area contributed by atoms with Gasteiger partial charge in [-0.25, -0.2) is 0 Å². The highest BCUT2D eigenvalue weighted by atomic mass is 14.7. The molecule has 0 atom stereocenters. The van der Waals surface area contributed by atoms with Crippen molar-refractivity contribution in [3.05, 3.63) is 144 Å². The van der Waals surface area contributed by atoms with Crippen LogP contribution >= 0.6 is 0 Å². The van der Waals surface area contributed by atoms with Crippen molar-refractivity contribution >= 4 is 14.6 Å². The lowest BCUT2D eigenvalue weighted by Crippen LogP contribution is -2.46. The van der Waals surface area contributed by atoms with Gasteiger partial charge >= 0.3 is 0 Å². The van der Waals surface area contributed by atoms with Gasteiger partial charge in [0.25, 0.3) is 0 Å². The lowest BCUT2D eigenvalue weighted by atomic mass is 9.44. The summed E-state index contributed by atoms with van der Waals surface area (Å²) in [7, 11) is 1.72. The predicted octanol–water partition coefficient (Wildman–Crippen LogP) is 4.42. The van der Waals surface area contributed by atoms with E-state index >= 15 is 0 Å². The molecule has 32 heavy (non-hydrogen) atoms. The van der Waals surface area contributed by atoms with E-state index in [1.165, 1.54) is 0 Å². The van der Waals surface area contributed by atoms with Crippen LogP contribution in [0.5, 0.6) is 0 Å². The Kier molecular flexibility index (Phi) is 6.94. The Labute approximate surface area is 193 Å². The molecule has 0 amide bonds. The summed E-state index contributed by atoms with van der Waals surface area (Å²) in [4.78, 5) is 0. The molecule has 0 aliphatic carbocycles. The van der Waals surface area contributed by atoms with Gasteiger partial charge in [-0.2, -0.15) is 0 Å². The second kappa shape index (κ2) is 10.0. The third-order valence-electron chi connectivity index (χ3n) is 6.55. The number of hydrogen-bond acceptors (Lipinski definition) is 2. The summed E-state index contributed by atoms with van der Waals surface area (Å²) in [6.45, 7) is 0. The molecule has 0 radical (unpaired) electrons. The fourth-order valence-electron chi connectivity index (χ4n) is 4.66. The van der Waals surface area contributed by atoms with Crippen LogP contribution in [0.2, 0.25) is 12.6 Å². The predicted molar refractivity (Wildman–Crippen MR) is 140 cm³/mol. The van der Waals surface area contributed by atoms with Gasteiger partial charge in [0.15, 0.2) is 14.6 Å². The zero-order valence-electron chi connectivity index (χ0n) is 18.5. The molecule has 0 heterocycles.